The smallest absolute Gasteiger partial charge is 0.193 e. The van der Waals surface area contributed by atoms with Gasteiger partial charge in [-0.2, -0.15) is 0 Å². The average molecular weight is 379 g/mol. The van der Waals surface area contributed by atoms with Crippen LogP contribution in [0.3, 0.4) is 0 Å². The van der Waals surface area contributed by atoms with E-state index in [2.05, 4.69) is 41.7 Å². The Labute approximate surface area is 168 Å². The van der Waals surface area contributed by atoms with E-state index in [0.717, 1.165) is 27.4 Å². The Morgan fingerprint density at radius 1 is 0.643 bits per heavy atom. The van der Waals surface area contributed by atoms with E-state index in [4.69, 9.17) is 0 Å². The zero-order valence-corrected chi connectivity index (χ0v) is 15.9. The minimum absolute atomic E-state index is 0.0395. The Bertz CT molecular complexity index is 1180. The summed E-state index contributed by atoms with van der Waals surface area (Å²) in [5.41, 5.74) is 5.55. The lowest BCUT2D eigenvalue weighted by molar-refractivity contribution is 0.103. The molecule has 0 aromatic heterocycles. The largest absolute Gasteiger partial charge is 0.353 e. The van der Waals surface area contributed by atoms with E-state index >= 15 is 0 Å². The first-order valence-corrected chi connectivity index (χ1v) is 9.99. The van der Waals surface area contributed by atoms with Crippen LogP contribution in [0.5, 0.6) is 0 Å². The first kappa shape index (κ1) is 16.8. The predicted molar refractivity (Wildman–Crippen MR) is 116 cm³/mol. The number of fused-ring (bicyclic) bond motifs is 2. The van der Waals surface area contributed by atoms with Crippen molar-refractivity contribution < 1.29 is 4.79 Å². The monoisotopic (exact) mass is 379 g/mol. The third kappa shape index (κ3) is 2.90. The van der Waals surface area contributed by atoms with E-state index in [0.29, 0.717) is 11.1 Å². The fourth-order valence-electron chi connectivity index (χ4n) is 3.54. The maximum absolute atomic E-state index is 13.2. The number of para-hydroxylation sites is 2. The van der Waals surface area contributed by atoms with Crippen LogP contribution in [-0.4, -0.2) is 5.78 Å². The highest BCUT2D eigenvalue weighted by Gasteiger charge is 2.21. The van der Waals surface area contributed by atoms with Gasteiger partial charge in [-0.05, 0) is 23.8 Å². The molecule has 1 N–H and O–H groups in total. The van der Waals surface area contributed by atoms with Crippen molar-refractivity contribution in [2.75, 3.05) is 5.32 Å². The summed E-state index contributed by atoms with van der Waals surface area (Å²) in [7, 11) is 0. The van der Waals surface area contributed by atoms with Crippen LogP contribution < -0.4 is 5.32 Å². The number of carbonyl (C=O) groups excluding carboxylic acids is 1. The predicted octanol–water partition coefficient (Wildman–Crippen LogP) is 6.79. The van der Waals surface area contributed by atoms with E-state index in [1.165, 1.54) is 4.90 Å². The number of hydrogen-bond donors (Lipinski definition) is 1. The summed E-state index contributed by atoms with van der Waals surface area (Å²) >= 11 is 1.75. The molecule has 0 saturated carbocycles. The minimum atomic E-state index is 0.0395. The molecule has 0 bridgehead atoms. The van der Waals surface area contributed by atoms with E-state index in [1.54, 1.807) is 11.8 Å². The number of rotatable bonds is 3. The molecule has 2 nitrogen and oxygen atoms in total. The van der Waals surface area contributed by atoms with Gasteiger partial charge < -0.3 is 5.32 Å². The third-order valence-corrected chi connectivity index (χ3v) is 6.03. The Balaban J connectivity index is 1.64. The molecule has 0 amide bonds. The van der Waals surface area contributed by atoms with Gasteiger partial charge in [0.15, 0.2) is 5.78 Å². The molecule has 0 radical (unpaired) electrons. The van der Waals surface area contributed by atoms with Gasteiger partial charge in [0.2, 0.25) is 0 Å². The summed E-state index contributed by atoms with van der Waals surface area (Å²) < 4.78 is 0. The molecule has 134 valence electrons. The molecule has 1 heterocycles. The van der Waals surface area contributed by atoms with E-state index in [9.17, 15) is 4.79 Å². The molecule has 4 aromatic carbocycles. The van der Waals surface area contributed by atoms with Gasteiger partial charge in [0, 0.05) is 26.5 Å². The average Bonchev–Trinajstić information content (AvgIpc) is 2.77. The normalized spacial score (nSPS) is 11.9. The van der Waals surface area contributed by atoms with Crippen molar-refractivity contribution in [3.8, 4) is 11.1 Å². The highest BCUT2D eigenvalue weighted by atomic mass is 32.2. The maximum Gasteiger partial charge on any atom is 0.193 e. The summed E-state index contributed by atoms with van der Waals surface area (Å²) in [6.45, 7) is 0. The van der Waals surface area contributed by atoms with Gasteiger partial charge in [0.1, 0.15) is 0 Å². The molecule has 5 rings (SSSR count). The number of hydrogen-bond acceptors (Lipinski definition) is 3. The molecule has 0 fully saturated rings. The van der Waals surface area contributed by atoms with E-state index in [1.807, 2.05) is 60.7 Å². The maximum atomic E-state index is 13.2. The van der Waals surface area contributed by atoms with Crippen LogP contribution in [-0.2, 0) is 0 Å². The van der Waals surface area contributed by atoms with Gasteiger partial charge in [-0.25, -0.2) is 0 Å². The summed E-state index contributed by atoms with van der Waals surface area (Å²) in [5, 5.41) is 3.58. The summed E-state index contributed by atoms with van der Waals surface area (Å²) in [6.07, 6.45) is 0. The van der Waals surface area contributed by atoms with Crippen LogP contribution in [0.2, 0.25) is 0 Å². The number of anilines is 2. The van der Waals surface area contributed by atoms with Crippen LogP contribution in [0, 0.1) is 0 Å². The first-order valence-electron chi connectivity index (χ1n) is 9.17. The molecule has 0 atom stereocenters. The molecular formula is C25H17NOS. The fourth-order valence-corrected chi connectivity index (χ4v) is 4.56. The van der Waals surface area contributed by atoms with Gasteiger partial charge in [-0.3, -0.25) is 4.79 Å². The zero-order valence-electron chi connectivity index (χ0n) is 15.1. The SMILES string of the molecule is O=C(c1ccccc1)c1ccccc1-c1cccc2c1Nc1ccccc1S2. The Kier molecular flexibility index (Phi) is 4.22. The van der Waals surface area contributed by atoms with Crippen molar-refractivity contribution in [1.82, 2.24) is 0 Å². The van der Waals surface area contributed by atoms with Crippen molar-refractivity contribution in [2.24, 2.45) is 0 Å². The molecule has 0 unspecified atom stereocenters. The molecule has 0 aliphatic carbocycles. The van der Waals surface area contributed by atoms with Crippen LogP contribution >= 0.6 is 11.8 Å². The summed E-state index contributed by atoms with van der Waals surface area (Å²) in [6, 6.07) is 31.8. The van der Waals surface area contributed by atoms with Gasteiger partial charge in [0.05, 0.1) is 11.4 Å². The fraction of sp³-hybridized carbons (Fsp3) is 0. The number of nitrogens with one attached hydrogen (secondary N) is 1. The Morgan fingerprint density at radius 2 is 1.32 bits per heavy atom. The standard InChI is InChI=1S/C25H17NOS/c27-25(17-9-2-1-3-10-17)20-12-5-4-11-18(20)19-13-8-16-23-24(19)26-21-14-6-7-15-22(21)28-23/h1-16,26H. The lowest BCUT2D eigenvalue weighted by atomic mass is 9.93. The Morgan fingerprint density at radius 3 is 2.21 bits per heavy atom. The quantitative estimate of drug-likeness (QED) is 0.350. The second kappa shape index (κ2) is 7.02. The number of carbonyl (C=O) groups is 1. The lowest BCUT2D eigenvalue weighted by Crippen LogP contribution is -2.06. The highest BCUT2D eigenvalue weighted by Crippen LogP contribution is 2.48. The van der Waals surface area contributed by atoms with Gasteiger partial charge in [-0.1, -0.05) is 90.6 Å². The molecule has 3 heteroatoms. The summed E-state index contributed by atoms with van der Waals surface area (Å²) in [5.74, 6) is 0.0395. The zero-order chi connectivity index (χ0) is 18.9. The lowest BCUT2D eigenvalue weighted by Gasteiger charge is -2.24. The van der Waals surface area contributed by atoms with Crippen LogP contribution in [0.1, 0.15) is 15.9 Å². The molecule has 0 saturated heterocycles. The van der Waals surface area contributed by atoms with Gasteiger partial charge in [-0.15, -0.1) is 0 Å². The van der Waals surface area contributed by atoms with Gasteiger partial charge >= 0.3 is 0 Å². The highest BCUT2D eigenvalue weighted by molar-refractivity contribution is 7.99. The van der Waals surface area contributed by atoms with Crippen molar-refractivity contribution in [1.29, 1.82) is 0 Å². The van der Waals surface area contributed by atoms with Crippen molar-refractivity contribution in [2.45, 2.75) is 9.79 Å². The van der Waals surface area contributed by atoms with Crippen LogP contribution in [0.15, 0.2) is 107 Å². The Hall–Kier alpha value is -3.30. The van der Waals surface area contributed by atoms with Crippen molar-refractivity contribution in [3.05, 3.63) is 108 Å². The molecule has 28 heavy (non-hydrogen) atoms. The van der Waals surface area contributed by atoms with Gasteiger partial charge in [0.25, 0.3) is 0 Å². The molecule has 1 aliphatic heterocycles. The molecular weight excluding hydrogens is 362 g/mol. The first-order chi connectivity index (χ1) is 13.8. The van der Waals surface area contributed by atoms with Crippen molar-refractivity contribution >= 4 is 28.9 Å². The third-order valence-electron chi connectivity index (χ3n) is 4.89. The minimum Gasteiger partial charge on any atom is -0.353 e. The van der Waals surface area contributed by atoms with Crippen LogP contribution in [0.4, 0.5) is 11.4 Å². The number of benzene rings is 4. The second-order valence-corrected chi connectivity index (χ2v) is 7.73. The van der Waals surface area contributed by atoms with E-state index < -0.39 is 0 Å². The topological polar surface area (TPSA) is 29.1 Å². The number of ketones is 1. The summed E-state index contributed by atoms with van der Waals surface area (Å²) in [4.78, 5) is 15.6. The van der Waals surface area contributed by atoms with Crippen molar-refractivity contribution in [3.63, 3.8) is 0 Å². The van der Waals surface area contributed by atoms with Crippen LogP contribution in [0.25, 0.3) is 11.1 Å². The van der Waals surface area contributed by atoms with E-state index in [-0.39, 0.29) is 5.78 Å². The molecule has 0 spiro atoms. The second-order valence-electron chi connectivity index (χ2n) is 6.64. The molecule has 4 aromatic rings. The molecule has 1 aliphatic rings.